The fraction of sp³-hybridized carbons (Fsp3) is 0.409. The van der Waals surface area contributed by atoms with Crippen molar-refractivity contribution >= 4 is 55.5 Å². The number of nitrogens with one attached hydrogen (secondary N) is 1. The highest BCUT2D eigenvalue weighted by atomic mass is 32.1. The number of methoxy groups -OCH3 is 1. The Hall–Kier alpha value is -2.45. The van der Waals surface area contributed by atoms with Gasteiger partial charge in [0.25, 0.3) is 5.91 Å². The Labute approximate surface area is 182 Å². The van der Waals surface area contributed by atoms with Crippen molar-refractivity contribution in [2.24, 2.45) is 5.92 Å². The van der Waals surface area contributed by atoms with E-state index >= 15 is 0 Å². The van der Waals surface area contributed by atoms with Crippen LogP contribution >= 0.6 is 22.7 Å². The molecule has 0 fully saturated rings. The van der Waals surface area contributed by atoms with Gasteiger partial charge in [0.2, 0.25) is 0 Å². The number of hydrogen-bond acceptors (Lipinski definition) is 7. The topological polar surface area (TPSA) is 94.3 Å². The van der Waals surface area contributed by atoms with Crippen LogP contribution in [0.5, 0.6) is 0 Å². The van der Waals surface area contributed by atoms with Gasteiger partial charge in [-0.3, -0.25) is 4.79 Å². The van der Waals surface area contributed by atoms with Gasteiger partial charge in [-0.25, -0.2) is 9.78 Å². The maximum absolute atomic E-state index is 13.1. The van der Waals surface area contributed by atoms with Crippen LogP contribution in [-0.2, 0) is 30.4 Å². The number of fused-ring (bicyclic) bond motifs is 3. The van der Waals surface area contributed by atoms with E-state index in [1.54, 1.807) is 0 Å². The Morgan fingerprint density at radius 1 is 1.27 bits per heavy atom. The molecule has 0 bridgehead atoms. The van der Waals surface area contributed by atoms with E-state index in [0.717, 1.165) is 64.9 Å². The lowest BCUT2D eigenvalue weighted by Crippen LogP contribution is -2.14. The van der Waals surface area contributed by atoms with E-state index < -0.39 is 5.97 Å². The summed E-state index contributed by atoms with van der Waals surface area (Å²) in [5.41, 5.74) is 10.7. The zero-order chi connectivity index (χ0) is 21.0. The van der Waals surface area contributed by atoms with Gasteiger partial charge in [0.15, 0.2) is 0 Å². The van der Waals surface area contributed by atoms with Crippen LogP contribution in [0.3, 0.4) is 0 Å². The van der Waals surface area contributed by atoms with Gasteiger partial charge in [-0.2, -0.15) is 0 Å². The normalized spacial score (nSPS) is 17.6. The van der Waals surface area contributed by atoms with Gasteiger partial charge in [0, 0.05) is 16.0 Å². The average molecular weight is 442 g/mol. The second kappa shape index (κ2) is 7.35. The Morgan fingerprint density at radius 2 is 2.10 bits per heavy atom. The van der Waals surface area contributed by atoms with Crippen LogP contribution in [0.2, 0.25) is 0 Å². The molecule has 1 unspecified atom stereocenters. The molecule has 0 aliphatic heterocycles. The number of thiophene rings is 2. The summed E-state index contributed by atoms with van der Waals surface area (Å²) >= 11 is 2.78. The quantitative estimate of drug-likeness (QED) is 0.580. The van der Waals surface area contributed by atoms with Crippen LogP contribution in [0.1, 0.15) is 61.5 Å². The summed E-state index contributed by atoms with van der Waals surface area (Å²) < 4.78 is 4.97. The van der Waals surface area contributed by atoms with Crippen LogP contribution in [0.4, 0.5) is 10.7 Å². The fourth-order valence-electron chi connectivity index (χ4n) is 4.51. The number of rotatable bonds is 3. The predicted molar refractivity (Wildman–Crippen MR) is 121 cm³/mol. The maximum atomic E-state index is 13.1. The largest absolute Gasteiger partial charge is 0.465 e. The van der Waals surface area contributed by atoms with Gasteiger partial charge in [0.1, 0.15) is 14.7 Å². The summed E-state index contributed by atoms with van der Waals surface area (Å²) in [5.74, 6) is -0.0682. The van der Waals surface area contributed by atoms with Gasteiger partial charge in [0.05, 0.1) is 18.4 Å². The summed E-state index contributed by atoms with van der Waals surface area (Å²) in [5, 5.41) is 4.33. The summed E-state index contributed by atoms with van der Waals surface area (Å²) in [6, 6.07) is 2.11. The van der Waals surface area contributed by atoms with E-state index in [-0.39, 0.29) is 5.91 Å². The molecule has 3 aromatic rings. The zero-order valence-corrected chi connectivity index (χ0v) is 18.6. The number of aromatic nitrogens is 1. The predicted octanol–water partition coefficient (Wildman–Crippen LogP) is 4.59. The average Bonchev–Trinajstić information content (AvgIpc) is 3.39. The maximum Gasteiger partial charge on any atom is 0.341 e. The number of ether oxygens (including phenoxy) is 1. The monoisotopic (exact) mass is 441 g/mol. The first-order valence-electron chi connectivity index (χ1n) is 10.2. The highest BCUT2D eigenvalue weighted by Crippen LogP contribution is 2.41. The molecule has 0 saturated heterocycles. The molecule has 6 nitrogen and oxygen atoms in total. The first kappa shape index (κ1) is 19.5. The number of amides is 1. The van der Waals surface area contributed by atoms with Crippen LogP contribution in [0.25, 0.3) is 10.2 Å². The molecule has 8 heteroatoms. The molecule has 3 N–H and O–H groups in total. The molecule has 0 radical (unpaired) electrons. The molecule has 1 amide bonds. The summed E-state index contributed by atoms with van der Waals surface area (Å²) in [7, 11) is 1.37. The van der Waals surface area contributed by atoms with E-state index in [1.807, 2.05) is 0 Å². The summed E-state index contributed by atoms with van der Waals surface area (Å²) in [6.07, 6.45) is 5.90. The number of pyridine rings is 1. The molecule has 2 aliphatic rings. The molecule has 30 heavy (non-hydrogen) atoms. The lowest BCUT2D eigenvalue weighted by Gasteiger charge is -2.20. The zero-order valence-electron chi connectivity index (χ0n) is 17.0. The Kier molecular flexibility index (Phi) is 4.78. The third kappa shape index (κ3) is 3.09. The lowest BCUT2D eigenvalue weighted by atomic mass is 9.87. The van der Waals surface area contributed by atoms with E-state index in [1.165, 1.54) is 35.3 Å². The van der Waals surface area contributed by atoms with Gasteiger partial charge >= 0.3 is 5.97 Å². The number of nitrogen functional groups attached to an aromatic ring is 1. The number of esters is 1. The number of carbonyl (C=O) groups excluding carboxylic acids is 2. The second-order valence-corrected chi connectivity index (χ2v) is 10.3. The van der Waals surface area contributed by atoms with Crippen LogP contribution in [0.15, 0.2) is 6.07 Å². The number of anilines is 2. The van der Waals surface area contributed by atoms with E-state index in [9.17, 15) is 9.59 Å². The molecule has 0 spiro atoms. The van der Waals surface area contributed by atoms with Crippen LogP contribution in [-0.4, -0.2) is 24.0 Å². The number of hydrogen-bond donors (Lipinski definition) is 2. The van der Waals surface area contributed by atoms with Crippen molar-refractivity contribution in [1.29, 1.82) is 0 Å². The molecule has 156 valence electrons. The smallest absolute Gasteiger partial charge is 0.341 e. The van der Waals surface area contributed by atoms with Crippen molar-refractivity contribution in [2.75, 3.05) is 18.2 Å². The van der Waals surface area contributed by atoms with Crippen molar-refractivity contribution in [3.05, 3.63) is 38.2 Å². The summed E-state index contributed by atoms with van der Waals surface area (Å²) in [4.78, 5) is 32.7. The molecule has 3 aromatic heterocycles. The van der Waals surface area contributed by atoms with Crippen molar-refractivity contribution in [2.45, 2.75) is 45.4 Å². The first-order valence-corrected chi connectivity index (χ1v) is 11.8. The van der Waals surface area contributed by atoms with E-state index in [0.29, 0.717) is 27.0 Å². The first-order chi connectivity index (χ1) is 14.5. The van der Waals surface area contributed by atoms with Crippen LogP contribution in [0, 0.1) is 5.92 Å². The van der Waals surface area contributed by atoms with Crippen molar-refractivity contribution < 1.29 is 14.3 Å². The molecule has 1 atom stereocenters. The highest BCUT2D eigenvalue weighted by molar-refractivity contribution is 7.21. The number of nitrogens with two attached hydrogens (primary N) is 1. The molecular formula is C22H23N3O3S2. The standard InChI is InChI=1S/C22H23N3O3S2/c1-10-6-7-14-11(8-10)9-13-17(23)18(30-20(13)24-14)19(26)25-21-16(22(27)28-2)12-4-3-5-15(12)29-21/h9-10H,3-8,23H2,1-2H3,(H,25,26). The van der Waals surface area contributed by atoms with Gasteiger partial charge in [-0.1, -0.05) is 6.92 Å². The van der Waals surface area contributed by atoms with Gasteiger partial charge in [-0.05, 0) is 61.6 Å². The van der Waals surface area contributed by atoms with Gasteiger partial charge in [-0.15, -0.1) is 22.7 Å². The molecule has 0 aromatic carbocycles. The molecule has 0 saturated carbocycles. The Morgan fingerprint density at radius 3 is 2.90 bits per heavy atom. The second-order valence-electron chi connectivity index (χ2n) is 8.15. The lowest BCUT2D eigenvalue weighted by molar-refractivity contribution is 0.0601. The number of carbonyl (C=O) groups is 2. The van der Waals surface area contributed by atoms with Crippen molar-refractivity contribution in [3.8, 4) is 0 Å². The van der Waals surface area contributed by atoms with Crippen molar-refractivity contribution in [1.82, 2.24) is 4.98 Å². The summed E-state index contributed by atoms with van der Waals surface area (Å²) in [6.45, 7) is 2.25. The Balaban J connectivity index is 1.50. The number of aryl methyl sites for hydroxylation is 2. The molecule has 2 aliphatic carbocycles. The number of nitrogens with zero attached hydrogens (tertiary/aromatic N) is 1. The third-order valence-electron chi connectivity index (χ3n) is 6.08. The minimum Gasteiger partial charge on any atom is -0.465 e. The Bertz CT molecular complexity index is 1190. The highest BCUT2D eigenvalue weighted by Gasteiger charge is 2.29. The third-order valence-corrected chi connectivity index (χ3v) is 8.40. The molecule has 5 rings (SSSR count). The van der Waals surface area contributed by atoms with Crippen molar-refractivity contribution in [3.63, 3.8) is 0 Å². The van der Waals surface area contributed by atoms with Gasteiger partial charge < -0.3 is 15.8 Å². The minimum atomic E-state index is -0.405. The van der Waals surface area contributed by atoms with E-state index in [4.69, 9.17) is 15.5 Å². The SMILES string of the molecule is COC(=O)c1c(NC(=O)c2sc3nc4c(cc3c2N)CC(C)CC4)sc2c1CCC2. The molecular weight excluding hydrogens is 418 g/mol. The van der Waals surface area contributed by atoms with Crippen LogP contribution < -0.4 is 11.1 Å². The molecule has 3 heterocycles. The van der Waals surface area contributed by atoms with E-state index in [2.05, 4.69) is 18.3 Å². The fourth-order valence-corrected chi connectivity index (χ4v) is 6.78. The minimum absolute atomic E-state index is 0.299.